The third-order valence-corrected chi connectivity index (χ3v) is 5.17. The van der Waals surface area contributed by atoms with E-state index in [0.717, 1.165) is 0 Å². The predicted molar refractivity (Wildman–Crippen MR) is 108 cm³/mol. The maximum absolute atomic E-state index is 12.6. The van der Waals surface area contributed by atoms with E-state index in [1.807, 2.05) is 0 Å². The van der Waals surface area contributed by atoms with Gasteiger partial charge in [-0.05, 0) is 59.8 Å². The van der Waals surface area contributed by atoms with Crippen LogP contribution in [0.4, 0.5) is 5.69 Å². The number of ether oxygens (including phenoxy) is 2. The summed E-state index contributed by atoms with van der Waals surface area (Å²) in [5.41, 5.74) is 1.37. The molecule has 0 unspecified atom stereocenters. The van der Waals surface area contributed by atoms with Crippen molar-refractivity contribution in [3.63, 3.8) is 0 Å². The van der Waals surface area contributed by atoms with E-state index in [9.17, 15) is 9.90 Å². The van der Waals surface area contributed by atoms with Gasteiger partial charge in [-0.1, -0.05) is 11.6 Å². The number of halogens is 1. The van der Waals surface area contributed by atoms with E-state index in [1.165, 1.54) is 30.9 Å². The molecule has 1 saturated heterocycles. The minimum atomic E-state index is -0.168. The molecule has 3 rings (SSSR count). The Morgan fingerprint density at radius 2 is 1.74 bits per heavy atom. The van der Waals surface area contributed by atoms with Crippen LogP contribution in [0.3, 0.4) is 0 Å². The van der Waals surface area contributed by atoms with Crippen molar-refractivity contribution in [2.75, 3.05) is 21.3 Å². The molecule has 2 aromatic rings. The number of carbonyl (C=O) groups excluding carboxylic acids is 1. The van der Waals surface area contributed by atoms with E-state index >= 15 is 0 Å². The molecule has 1 aliphatic rings. The van der Waals surface area contributed by atoms with Gasteiger partial charge in [0.05, 0.1) is 24.8 Å². The fourth-order valence-corrected chi connectivity index (χ4v) is 3.54. The molecular weight excluding hydrogens is 388 g/mol. The van der Waals surface area contributed by atoms with E-state index in [4.69, 9.17) is 21.1 Å². The van der Waals surface area contributed by atoms with E-state index in [1.54, 1.807) is 49.5 Å². The van der Waals surface area contributed by atoms with Crippen LogP contribution in [0.15, 0.2) is 46.3 Å². The average molecular weight is 405 g/mol. The van der Waals surface area contributed by atoms with Crippen molar-refractivity contribution in [3.8, 4) is 17.2 Å². The van der Waals surface area contributed by atoms with E-state index in [2.05, 4.69) is 4.99 Å². The van der Waals surface area contributed by atoms with Crippen LogP contribution in [-0.2, 0) is 4.79 Å². The molecule has 0 aliphatic carbocycles. The van der Waals surface area contributed by atoms with Crippen LogP contribution in [-0.4, -0.2) is 42.3 Å². The van der Waals surface area contributed by atoms with Gasteiger partial charge in [0.2, 0.25) is 5.75 Å². The number of aliphatic imine (C=N–C) groups is 1. The summed E-state index contributed by atoms with van der Waals surface area (Å²) in [6.45, 7) is 0. The molecule has 0 aromatic heterocycles. The molecule has 1 aliphatic heterocycles. The second-order valence-corrected chi connectivity index (χ2v) is 7.07. The Labute approximate surface area is 166 Å². The van der Waals surface area contributed by atoms with Gasteiger partial charge in [-0.25, -0.2) is 4.99 Å². The van der Waals surface area contributed by atoms with Gasteiger partial charge in [-0.3, -0.25) is 9.69 Å². The summed E-state index contributed by atoms with van der Waals surface area (Å²) in [7, 11) is 4.57. The van der Waals surface area contributed by atoms with Crippen LogP contribution in [0.25, 0.3) is 6.08 Å². The first-order valence-electron chi connectivity index (χ1n) is 7.89. The lowest BCUT2D eigenvalue weighted by molar-refractivity contribution is -0.121. The smallest absolute Gasteiger partial charge is 0.266 e. The zero-order chi connectivity index (χ0) is 19.6. The second kappa shape index (κ2) is 7.94. The highest BCUT2D eigenvalue weighted by atomic mass is 35.5. The Kier molecular flexibility index (Phi) is 5.62. The lowest BCUT2D eigenvalue weighted by Crippen LogP contribution is -2.23. The summed E-state index contributed by atoms with van der Waals surface area (Å²) in [6, 6.07) is 10.3. The zero-order valence-electron chi connectivity index (χ0n) is 14.9. The van der Waals surface area contributed by atoms with Crippen molar-refractivity contribution in [2.45, 2.75) is 0 Å². The number of thioether (sulfide) groups is 1. The lowest BCUT2D eigenvalue weighted by Gasteiger charge is -2.09. The molecule has 0 saturated carbocycles. The Balaban J connectivity index is 1.94. The molecule has 1 amide bonds. The van der Waals surface area contributed by atoms with E-state index < -0.39 is 0 Å². The molecule has 2 aromatic carbocycles. The third-order valence-electron chi connectivity index (χ3n) is 3.85. The molecule has 27 heavy (non-hydrogen) atoms. The normalized spacial score (nSPS) is 17.0. The van der Waals surface area contributed by atoms with E-state index in [-0.39, 0.29) is 23.2 Å². The summed E-state index contributed by atoms with van der Waals surface area (Å²) in [4.78, 5) is 19.0. The molecule has 1 N–H and O–H groups in total. The summed E-state index contributed by atoms with van der Waals surface area (Å²) >= 11 is 7.15. The summed E-state index contributed by atoms with van der Waals surface area (Å²) in [5, 5.41) is 11.2. The van der Waals surface area contributed by atoms with E-state index in [0.29, 0.717) is 26.3 Å². The van der Waals surface area contributed by atoms with Crippen LogP contribution in [0.5, 0.6) is 17.2 Å². The van der Waals surface area contributed by atoms with Crippen LogP contribution in [0.2, 0.25) is 5.02 Å². The number of methoxy groups -OCH3 is 2. The molecule has 0 atom stereocenters. The van der Waals surface area contributed by atoms with Gasteiger partial charge in [-0.15, -0.1) is 0 Å². The molecule has 6 nitrogen and oxygen atoms in total. The summed E-state index contributed by atoms with van der Waals surface area (Å²) < 4.78 is 10.3. The van der Waals surface area contributed by atoms with Crippen molar-refractivity contribution in [3.05, 3.63) is 51.9 Å². The number of nitrogens with zero attached hydrogens (tertiary/aromatic N) is 2. The van der Waals surface area contributed by atoms with Gasteiger partial charge in [-0.2, -0.15) is 0 Å². The molecule has 1 heterocycles. The first-order chi connectivity index (χ1) is 12.9. The number of hydrogen-bond donors (Lipinski definition) is 1. The van der Waals surface area contributed by atoms with Crippen molar-refractivity contribution < 1.29 is 19.4 Å². The molecule has 0 spiro atoms. The minimum absolute atomic E-state index is 0.0883. The number of phenols is 1. The monoisotopic (exact) mass is 404 g/mol. The number of carbonyl (C=O) groups is 1. The van der Waals surface area contributed by atoms with Crippen molar-refractivity contribution in [2.24, 2.45) is 4.99 Å². The predicted octanol–water partition coefficient (Wildman–Crippen LogP) is 4.30. The number of aromatic hydroxyl groups is 1. The van der Waals surface area contributed by atoms with Gasteiger partial charge in [0, 0.05) is 12.1 Å². The molecule has 1 fully saturated rings. The quantitative estimate of drug-likeness (QED) is 0.769. The van der Waals surface area contributed by atoms with Gasteiger partial charge < -0.3 is 14.6 Å². The van der Waals surface area contributed by atoms with Crippen LogP contribution >= 0.6 is 23.4 Å². The number of rotatable bonds is 4. The number of benzene rings is 2. The van der Waals surface area contributed by atoms with Gasteiger partial charge in [0.25, 0.3) is 5.91 Å². The number of phenolic OH excluding ortho intramolecular Hbond substituents is 1. The molecular formula is C19H17ClN2O4S. The summed E-state index contributed by atoms with van der Waals surface area (Å²) in [5.74, 6) is 0.272. The molecule has 8 heteroatoms. The second-order valence-electron chi connectivity index (χ2n) is 5.62. The number of hydrogen-bond acceptors (Lipinski definition) is 6. The molecule has 0 radical (unpaired) electrons. The molecule has 140 valence electrons. The highest BCUT2D eigenvalue weighted by molar-refractivity contribution is 8.18. The molecule has 0 bridgehead atoms. The minimum Gasteiger partial charge on any atom is -0.502 e. The van der Waals surface area contributed by atoms with Crippen LogP contribution in [0.1, 0.15) is 5.56 Å². The number of amidine groups is 1. The fourth-order valence-electron chi connectivity index (χ4n) is 2.43. The zero-order valence-corrected chi connectivity index (χ0v) is 16.5. The van der Waals surface area contributed by atoms with Crippen LogP contribution in [0, 0.1) is 0 Å². The summed E-state index contributed by atoms with van der Waals surface area (Å²) in [6.07, 6.45) is 1.71. The van der Waals surface area contributed by atoms with Crippen molar-refractivity contribution >= 4 is 46.2 Å². The van der Waals surface area contributed by atoms with Crippen molar-refractivity contribution in [1.82, 2.24) is 4.90 Å². The number of likely N-dealkylation sites (N-methyl/N-ethyl adjacent to an activating group) is 1. The van der Waals surface area contributed by atoms with Crippen LogP contribution < -0.4 is 9.47 Å². The standard InChI is InChI=1S/C19H17ClN2O4S/c1-22-18(24)16(27-19(22)21-13-6-4-12(20)5-7-13)10-11-8-14(25-2)17(23)15(9-11)26-3/h4-10,23H,1-3H3/b16-10-,21-19?. The third kappa shape index (κ3) is 4.04. The van der Waals surface area contributed by atoms with Crippen molar-refractivity contribution in [1.29, 1.82) is 0 Å². The highest BCUT2D eigenvalue weighted by Crippen LogP contribution is 2.39. The Bertz CT molecular complexity index is 916. The topological polar surface area (TPSA) is 71.4 Å². The number of amides is 1. The lowest BCUT2D eigenvalue weighted by atomic mass is 10.1. The SMILES string of the molecule is COc1cc(/C=C2\SC(=Nc3ccc(Cl)cc3)N(C)C2=O)cc(OC)c1O. The Hall–Kier alpha value is -2.64. The fraction of sp³-hybridized carbons (Fsp3) is 0.158. The van der Waals surface area contributed by atoms with Gasteiger partial charge in [0.1, 0.15) is 0 Å². The first-order valence-corrected chi connectivity index (χ1v) is 9.09. The van der Waals surface area contributed by atoms with Gasteiger partial charge in [0.15, 0.2) is 16.7 Å². The maximum Gasteiger partial charge on any atom is 0.266 e. The maximum atomic E-state index is 12.6. The van der Waals surface area contributed by atoms with Gasteiger partial charge >= 0.3 is 0 Å². The highest BCUT2D eigenvalue weighted by Gasteiger charge is 2.30. The Morgan fingerprint density at radius 3 is 2.30 bits per heavy atom. The first kappa shape index (κ1) is 19.1. The average Bonchev–Trinajstić information content (AvgIpc) is 2.92. The largest absolute Gasteiger partial charge is 0.502 e. The Morgan fingerprint density at radius 1 is 1.15 bits per heavy atom.